The fraction of sp³-hybridized carbons (Fsp3) is 0.222. The maximum atomic E-state index is 12.1. The molecular formula is C18H19N5O2S2. The fourth-order valence-electron chi connectivity index (χ4n) is 2.48. The molecule has 0 fully saturated rings. The topological polar surface area (TPSA) is 110 Å². The molecule has 2 amide bonds. The van der Waals surface area contributed by atoms with E-state index >= 15 is 0 Å². The van der Waals surface area contributed by atoms with Crippen LogP contribution in [0.15, 0.2) is 34.8 Å². The zero-order chi connectivity index (χ0) is 19.4. The monoisotopic (exact) mass is 401 g/mol. The Hall–Kier alpha value is -2.65. The molecule has 9 heteroatoms. The number of nitrogen functional groups attached to an aromatic ring is 1. The SMILES string of the molecule is Cc1cccc(C)c1NC(=O)CNC(=O)CSc1nc(N)c2ccsc2n1. The number of para-hydroxylation sites is 1. The molecule has 3 aromatic rings. The molecule has 0 aliphatic rings. The lowest BCUT2D eigenvalue weighted by molar-refractivity contribution is -0.122. The summed E-state index contributed by atoms with van der Waals surface area (Å²) in [5.74, 6) is -0.0408. The number of hydrogen-bond donors (Lipinski definition) is 3. The Bertz CT molecular complexity index is 982. The van der Waals surface area contributed by atoms with Gasteiger partial charge in [0, 0.05) is 5.69 Å². The summed E-state index contributed by atoms with van der Waals surface area (Å²) in [6.45, 7) is 3.75. The molecule has 0 aliphatic carbocycles. The number of thioether (sulfide) groups is 1. The van der Waals surface area contributed by atoms with Crippen LogP contribution < -0.4 is 16.4 Å². The summed E-state index contributed by atoms with van der Waals surface area (Å²) >= 11 is 2.65. The predicted octanol–water partition coefficient (Wildman–Crippen LogP) is 2.74. The lowest BCUT2D eigenvalue weighted by Crippen LogP contribution is -2.34. The maximum Gasteiger partial charge on any atom is 0.243 e. The van der Waals surface area contributed by atoms with E-state index in [0.29, 0.717) is 11.0 Å². The van der Waals surface area contributed by atoms with Gasteiger partial charge in [-0.3, -0.25) is 9.59 Å². The molecule has 0 radical (unpaired) electrons. The van der Waals surface area contributed by atoms with Gasteiger partial charge in [0.05, 0.1) is 17.7 Å². The number of hydrogen-bond acceptors (Lipinski definition) is 7. The number of carbonyl (C=O) groups excluding carboxylic acids is 2. The molecule has 0 bridgehead atoms. The second-order valence-electron chi connectivity index (χ2n) is 5.91. The molecular weight excluding hydrogens is 382 g/mol. The highest BCUT2D eigenvalue weighted by atomic mass is 32.2. The molecule has 2 heterocycles. The highest BCUT2D eigenvalue weighted by molar-refractivity contribution is 7.99. The summed E-state index contributed by atoms with van der Waals surface area (Å²) in [5.41, 5.74) is 8.62. The summed E-state index contributed by atoms with van der Waals surface area (Å²) < 4.78 is 0. The lowest BCUT2D eigenvalue weighted by atomic mass is 10.1. The van der Waals surface area contributed by atoms with Crippen LogP contribution >= 0.6 is 23.1 Å². The lowest BCUT2D eigenvalue weighted by Gasteiger charge is -2.11. The summed E-state index contributed by atoms with van der Waals surface area (Å²) in [5, 5.41) is 8.59. The number of nitrogens with two attached hydrogens (primary N) is 1. The van der Waals surface area contributed by atoms with Crippen molar-refractivity contribution in [1.29, 1.82) is 0 Å². The number of anilines is 2. The molecule has 3 rings (SSSR count). The van der Waals surface area contributed by atoms with Crippen molar-refractivity contribution in [2.75, 3.05) is 23.3 Å². The van der Waals surface area contributed by atoms with E-state index in [-0.39, 0.29) is 24.1 Å². The average Bonchev–Trinajstić information content (AvgIpc) is 3.10. The average molecular weight is 402 g/mol. The highest BCUT2D eigenvalue weighted by Gasteiger charge is 2.11. The van der Waals surface area contributed by atoms with E-state index in [0.717, 1.165) is 27.0 Å². The van der Waals surface area contributed by atoms with E-state index < -0.39 is 0 Å². The van der Waals surface area contributed by atoms with Gasteiger partial charge in [0.1, 0.15) is 10.6 Å². The van der Waals surface area contributed by atoms with Crippen molar-refractivity contribution in [3.63, 3.8) is 0 Å². The minimum Gasteiger partial charge on any atom is -0.383 e. The predicted molar refractivity (Wildman–Crippen MR) is 110 cm³/mol. The van der Waals surface area contributed by atoms with Crippen molar-refractivity contribution in [3.8, 4) is 0 Å². The smallest absolute Gasteiger partial charge is 0.243 e. The molecule has 1 aromatic carbocycles. The number of fused-ring (bicyclic) bond motifs is 1. The third-order valence-electron chi connectivity index (χ3n) is 3.86. The second-order valence-corrected chi connectivity index (χ2v) is 7.75. The minimum atomic E-state index is -0.273. The fourth-order valence-corrected chi connectivity index (χ4v) is 3.99. The number of nitrogens with one attached hydrogen (secondary N) is 2. The first-order valence-corrected chi connectivity index (χ1v) is 10.1. The van der Waals surface area contributed by atoms with Crippen molar-refractivity contribution >= 4 is 56.6 Å². The van der Waals surface area contributed by atoms with E-state index in [1.54, 1.807) is 0 Å². The summed E-state index contributed by atoms with van der Waals surface area (Å²) in [6.07, 6.45) is 0. The number of aromatic nitrogens is 2. The number of rotatable bonds is 6. The Balaban J connectivity index is 1.49. The van der Waals surface area contributed by atoms with Crippen LogP contribution in [0.2, 0.25) is 0 Å². The number of benzene rings is 1. The van der Waals surface area contributed by atoms with Gasteiger partial charge in [-0.25, -0.2) is 9.97 Å². The molecule has 2 aromatic heterocycles. The van der Waals surface area contributed by atoms with Crippen LogP contribution in [0.25, 0.3) is 10.2 Å². The number of carbonyl (C=O) groups is 2. The van der Waals surface area contributed by atoms with Crippen LogP contribution in [-0.2, 0) is 9.59 Å². The maximum absolute atomic E-state index is 12.1. The normalized spacial score (nSPS) is 10.7. The molecule has 7 nitrogen and oxygen atoms in total. The molecule has 0 saturated carbocycles. The van der Waals surface area contributed by atoms with Crippen LogP contribution in [-0.4, -0.2) is 34.1 Å². The van der Waals surface area contributed by atoms with E-state index in [2.05, 4.69) is 20.6 Å². The Kier molecular flexibility index (Phi) is 5.92. The van der Waals surface area contributed by atoms with Crippen LogP contribution in [0.5, 0.6) is 0 Å². The van der Waals surface area contributed by atoms with Gasteiger partial charge in [-0.05, 0) is 36.4 Å². The number of thiophene rings is 1. The third kappa shape index (κ3) is 4.75. The summed E-state index contributed by atoms with van der Waals surface area (Å²) in [4.78, 5) is 33.4. The van der Waals surface area contributed by atoms with Crippen LogP contribution in [0, 0.1) is 13.8 Å². The first-order valence-electron chi connectivity index (χ1n) is 8.20. The van der Waals surface area contributed by atoms with Crippen LogP contribution in [0.3, 0.4) is 0 Å². The first kappa shape index (κ1) is 19.1. The Morgan fingerprint density at radius 3 is 2.63 bits per heavy atom. The summed E-state index contributed by atoms with van der Waals surface area (Å²) in [7, 11) is 0. The molecule has 0 aliphatic heterocycles. The summed E-state index contributed by atoms with van der Waals surface area (Å²) in [6, 6.07) is 7.65. The van der Waals surface area contributed by atoms with Crippen LogP contribution in [0.4, 0.5) is 11.5 Å². The zero-order valence-corrected chi connectivity index (χ0v) is 16.5. The van der Waals surface area contributed by atoms with E-state index in [9.17, 15) is 9.59 Å². The van der Waals surface area contributed by atoms with Crippen molar-refractivity contribution in [1.82, 2.24) is 15.3 Å². The number of amides is 2. The third-order valence-corrected chi connectivity index (χ3v) is 5.51. The van der Waals surface area contributed by atoms with Gasteiger partial charge in [-0.15, -0.1) is 11.3 Å². The molecule has 0 spiro atoms. The molecule has 27 heavy (non-hydrogen) atoms. The van der Waals surface area contributed by atoms with Gasteiger partial charge in [-0.2, -0.15) is 0 Å². The largest absolute Gasteiger partial charge is 0.383 e. The number of nitrogens with zero attached hydrogens (tertiary/aromatic N) is 2. The Morgan fingerprint density at radius 2 is 1.89 bits per heavy atom. The standard InChI is InChI=1S/C18H19N5O2S2/c1-10-4-3-5-11(2)15(10)21-13(24)8-20-14(25)9-27-18-22-16(19)12-6-7-26-17(12)23-18/h3-7H,8-9H2,1-2H3,(H,20,25)(H,21,24)(H2,19,22,23). The quantitative estimate of drug-likeness (QED) is 0.433. The highest BCUT2D eigenvalue weighted by Crippen LogP contribution is 2.26. The Morgan fingerprint density at radius 1 is 1.15 bits per heavy atom. The van der Waals surface area contributed by atoms with Crippen LogP contribution in [0.1, 0.15) is 11.1 Å². The van der Waals surface area contributed by atoms with Gasteiger partial charge in [-0.1, -0.05) is 30.0 Å². The molecule has 0 saturated heterocycles. The van der Waals surface area contributed by atoms with Crippen molar-refractivity contribution < 1.29 is 9.59 Å². The van der Waals surface area contributed by atoms with Gasteiger partial charge >= 0.3 is 0 Å². The van der Waals surface area contributed by atoms with Gasteiger partial charge < -0.3 is 16.4 Å². The van der Waals surface area contributed by atoms with Crippen molar-refractivity contribution in [3.05, 3.63) is 40.8 Å². The second kappa shape index (κ2) is 8.36. The van der Waals surface area contributed by atoms with Crippen molar-refractivity contribution in [2.45, 2.75) is 19.0 Å². The molecule has 0 unspecified atom stereocenters. The zero-order valence-electron chi connectivity index (χ0n) is 14.9. The van der Waals surface area contributed by atoms with Gasteiger partial charge in [0.25, 0.3) is 0 Å². The van der Waals surface area contributed by atoms with E-state index in [4.69, 9.17) is 5.73 Å². The van der Waals surface area contributed by atoms with E-state index in [1.807, 2.05) is 43.5 Å². The van der Waals surface area contributed by atoms with Gasteiger partial charge in [0.2, 0.25) is 11.8 Å². The van der Waals surface area contributed by atoms with Gasteiger partial charge in [0.15, 0.2) is 5.16 Å². The number of aryl methyl sites for hydroxylation is 2. The molecule has 140 valence electrons. The van der Waals surface area contributed by atoms with E-state index in [1.165, 1.54) is 23.1 Å². The van der Waals surface area contributed by atoms with Crippen molar-refractivity contribution in [2.24, 2.45) is 0 Å². The molecule has 0 atom stereocenters. The Labute approximate surface area is 164 Å². The minimum absolute atomic E-state index is 0.0971. The first-order chi connectivity index (χ1) is 12.9. The molecule has 4 N–H and O–H groups in total.